The molecule has 0 bridgehead atoms. The minimum atomic E-state index is 0.155. The molecule has 1 saturated heterocycles. The molecule has 1 aromatic carbocycles. The predicted octanol–water partition coefficient (Wildman–Crippen LogP) is 1.90. The molecule has 4 nitrogen and oxygen atoms in total. The van der Waals surface area contributed by atoms with E-state index in [4.69, 9.17) is 9.47 Å². The lowest BCUT2D eigenvalue weighted by Gasteiger charge is -2.41. The first-order valence-electron chi connectivity index (χ1n) is 7.28. The van der Waals surface area contributed by atoms with Crippen LogP contribution in [-0.2, 0) is 11.3 Å². The molecule has 1 fully saturated rings. The van der Waals surface area contributed by atoms with Gasteiger partial charge in [0.1, 0.15) is 5.75 Å². The zero-order valence-electron chi connectivity index (χ0n) is 12.8. The second-order valence-corrected chi connectivity index (χ2v) is 5.87. The molecule has 0 amide bonds. The van der Waals surface area contributed by atoms with Crippen LogP contribution >= 0.6 is 0 Å². The first-order chi connectivity index (χ1) is 9.62. The minimum absolute atomic E-state index is 0.155. The second kappa shape index (κ2) is 7.07. The molecule has 20 heavy (non-hydrogen) atoms. The summed E-state index contributed by atoms with van der Waals surface area (Å²) in [6.07, 6.45) is 0. The quantitative estimate of drug-likeness (QED) is 0.861. The number of methoxy groups -OCH3 is 1. The summed E-state index contributed by atoms with van der Waals surface area (Å²) in [7, 11) is 1.70. The zero-order chi connectivity index (χ0) is 14.4. The number of ether oxygens (including phenoxy) is 2. The Morgan fingerprint density at radius 2 is 2.05 bits per heavy atom. The van der Waals surface area contributed by atoms with Gasteiger partial charge < -0.3 is 14.8 Å². The molecule has 1 N–H and O–H groups in total. The van der Waals surface area contributed by atoms with Gasteiger partial charge in [0, 0.05) is 31.7 Å². The summed E-state index contributed by atoms with van der Waals surface area (Å²) in [5.74, 6) is 0.914. The second-order valence-electron chi connectivity index (χ2n) is 5.87. The van der Waals surface area contributed by atoms with Crippen LogP contribution in [0.5, 0.6) is 5.75 Å². The van der Waals surface area contributed by atoms with Crippen molar-refractivity contribution >= 4 is 0 Å². The van der Waals surface area contributed by atoms with E-state index in [9.17, 15) is 0 Å². The van der Waals surface area contributed by atoms with Gasteiger partial charge in [0.2, 0.25) is 0 Å². The molecule has 0 spiro atoms. The molecule has 1 heterocycles. The van der Waals surface area contributed by atoms with Crippen LogP contribution in [0.1, 0.15) is 19.4 Å². The molecule has 0 aromatic heterocycles. The SMILES string of the molecule is COc1cccc(CNCC(C)(C)N2CCOCC2)c1. The van der Waals surface area contributed by atoms with Crippen LogP contribution in [0.25, 0.3) is 0 Å². The summed E-state index contributed by atoms with van der Waals surface area (Å²) in [6.45, 7) is 10.1. The molecule has 2 rings (SSSR count). The van der Waals surface area contributed by atoms with Crippen LogP contribution in [0, 0.1) is 0 Å². The maximum Gasteiger partial charge on any atom is 0.119 e. The average molecular weight is 278 g/mol. The van der Waals surface area contributed by atoms with Crippen molar-refractivity contribution in [1.29, 1.82) is 0 Å². The monoisotopic (exact) mass is 278 g/mol. The van der Waals surface area contributed by atoms with Gasteiger partial charge in [-0.05, 0) is 31.5 Å². The fourth-order valence-corrected chi connectivity index (χ4v) is 2.58. The molecule has 0 atom stereocenters. The molecular formula is C16H26N2O2. The third kappa shape index (κ3) is 4.20. The van der Waals surface area contributed by atoms with E-state index in [-0.39, 0.29) is 5.54 Å². The Bertz CT molecular complexity index is 415. The number of hydrogen-bond acceptors (Lipinski definition) is 4. The van der Waals surface area contributed by atoms with Gasteiger partial charge >= 0.3 is 0 Å². The van der Waals surface area contributed by atoms with Crippen LogP contribution in [0.2, 0.25) is 0 Å². The van der Waals surface area contributed by atoms with Crippen molar-refractivity contribution < 1.29 is 9.47 Å². The summed E-state index contributed by atoms with van der Waals surface area (Å²) < 4.78 is 10.7. The summed E-state index contributed by atoms with van der Waals surface area (Å²) in [5, 5.41) is 3.55. The third-order valence-corrected chi connectivity index (χ3v) is 3.89. The highest BCUT2D eigenvalue weighted by atomic mass is 16.5. The first-order valence-corrected chi connectivity index (χ1v) is 7.28. The molecular weight excluding hydrogens is 252 g/mol. The van der Waals surface area contributed by atoms with Crippen molar-refractivity contribution in [3.8, 4) is 5.75 Å². The Labute approximate surface area is 122 Å². The minimum Gasteiger partial charge on any atom is -0.497 e. The third-order valence-electron chi connectivity index (χ3n) is 3.89. The molecule has 0 radical (unpaired) electrons. The van der Waals surface area contributed by atoms with Crippen molar-refractivity contribution in [3.05, 3.63) is 29.8 Å². The maximum atomic E-state index is 5.42. The molecule has 1 aliphatic rings. The lowest BCUT2D eigenvalue weighted by molar-refractivity contribution is -0.00966. The Balaban J connectivity index is 1.81. The Hall–Kier alpha value is -1.10. The summed E-state index contributed by atoms with van der Waals surface area (Å²) in [4.78, 5) is 2.50. The van der Waals surface area contributed by atoms with E-state index < -0.39 is 0 Å². The predicted molar refractivity (Wildman–Crippen MR) is 81.2 cm³/mol. The lowest BCUT2D eigenvalue weighted by Crippen LogP contribution is -2.54. The Morgan fingerprint density at radius 1 is 1.30 bits per heavy atom. The number of nitrogens with zero attached hydrogens (tertiary/aromatic N) is 1. The number of nitrogens with one attached hydrogen (secondary N) is 1. The van der Waals surface area contributed by atoms with E-state index >= 15 is 0 Å². The highest BCUT2D eigenvalue weighted by Crippen LogP contribution is 2.16. The van der Waals surface area contributed by atoms with E-state index in [1.165, 1.54) is 5.56 Å². The fourth-order valence-electron chi connectivity index (χ4n) is 2.58. The Morgan fingerprint density at radius 3 is 2.75 bits per heavy atom. The van der Waals surface area contributed by atoms with Gasteiger partial charge in [-0.15, -0.1) is 0 Å². The van der Waals surface area contributed by atoms with Gasteiger partial charge in [-0.1, -0.05) is 12.1 Å². The highest BCUT2D eigenvalue weighted by Gasteiger charge is 2.27. The molecule has 112 valence electrons. The van der Waals surface area contributed by atoms with E-state index in [0.29, 0.717) is 0 Å². The molecule has 0 saturated carbocycles. The van der Waals surface area contributed by atoms with Gasteiger partial charge in [0.15, 0.2) is 0 Å². The molecule has 0 unspecified atom stereocenters. The average Bonchev–Trinajstić information content (AvgIpc) is 2.48. The summed E-state index contributed by atoms with van der Waals surface area (Å²) in [5.41, 5.74) is 1.41. The van der Waals surface area contributed by atoms with E-state index in [1.807, 2.05) is 12.1 Å². The topological polar surface area (TPSA) is 33.7 Å². The van der Waals surface area contributed by atoms with Crippen LogP contribution in [0.3, 0.4) is 0 Å². The van der Waals surface area contributed by atoms with Crippen LogP contribution < -0.4 is 10.1 Å². The van der Waals surface area contributed by atoms with E-state index in [0.717, 1.165) is 45.1 Å². The largest absolute Gasteiger partial charge is 0.497 e. The number of benzene rings is 1. The smallest absolute Gasteiger partial charge is 0.119 e. The van der Waals surface area contributed by atoms with E-state index in [2.05, 4.69) is 36.2 Å². The molecule has 1 aliphatic heterocycles. The summed E-state index contributed by atoms with van der Waals surface area (Å²) in [6, 6.07) is 8.20. The van der Waals surface area contributed by atoms with Crippen molar-refractivity contribution in [3.63, 3.8) is 0 Å². The number of morpholine rings is 1. The van der Waals surface area contributed by atoms with Crippen molar-refractivity contribution in [2.24, 2.45) is 0 Å². The van der Waals surface area contributed by atoms with Gasteiger partial charge in [0.25, 0.3) is 0 Å². The van der Waals surface area contributed by atoms with Gasteiger partial charge in [-0.2, -0.15) is 0 Å². The zero-order valence-corrected chi connectivity index (χ0v) is 12.8. The summed E-state index contributed by atoms with van der Waals surface area (Å²) >= 11 is 0. The van der Waals surface area contributed by atoms with Crippen LogP contribution in [-0.4, -0.2) is 50.4 Å². The van der Waals surface area contributed by atoms with E-state index in [1.54, 1.807) is 7.11 Å². The number of hydrogen-bond donors (Lipinski definition) is 1. The van der Waals surface area contributed by atoms with Gasteiger partial charge in [-0.25, -0.2) is 0 Å². The highest BCUT2D eigenvalue weighted by molar-refractivity contribution is 5.28. The standard InChI is InChI=1S/C16H26N2O2/c1-16(2,18-7-9-20-10-8-18)13-17-12-14-5-4-6-15(11-14)19-3/h4-6,11,17H,7-10,12-13H2,1-3H3. The van der Waals surface area contributed by atoms with Gasteiger partial charge in [0.05, 0.1) is 20.3 Å². The lowest BCUT2D eigenvalue weighted by atomic mass is 10.0. The van der Waals surface area contributed by atoms with Crippen molar-refractivity contribution in [1.82, 2.24) is 10.2 Å². The van der Waals surface area contributed by atoms with Crippen LogP contribution in [0.15, 0.2) is 24.3 Å². The van der Waals surface area contributed by atoms with Crippen molar-refractivity contribution in [2.75, 3.05) is 40.0 Å². The first kappa shape index (κ1) is 15.3. The number of rotatable bonds is 6. The van der Waals surface area contributed by atoms with Gasteiger partial charge in [-0.3, -0.25) is 4.90 Å². The molecule has 0 aliphatic carbocycles. The normalized spacial score (nSPS) is 17.1. The fraction of sp³-hybridized carbons (Fsp3) is 0.625. The van der Waals surface area contributed by atoms with Crippen LogP contribution in [0.4, 0.5) is 0 Å². The Kier molecular flexibility index (Phi) is 5.40. The maximum absolute atomic E-state index is 5.42. The molecule has 4 heteroatoms. The van der Waals surface area contributed by atoms with Crippen molar-refractivity contribution in [2.45, 2.75) is 25.9 Å². The molecule has 1 aromatic rings.